The van der Waals surface area contributed by atoms with Crippen molar-refractivity contribution in [3.8, 4) is 0 Å². The molecular formula is C15H10N2O3S. The molecule has 3 rings (SSSR count). The van der Waals surface area contributed by atoms with Crippen LogP contribution < -0.4 is 5.32 Å². The molecule has 2 aromatic heterocycles. The van der Waals surface area contributed by atoms with Crippen LogP contribution >= 0.6 is 11.3 Å². The van der Waals surface area contributed by atoms with Gasteiger partial charge in [0.1, 0.15) is 0 Å². The third-order valence-electron chi connectivity index (χ3n) is 2.98. The molecule has 0 saturated heterocycles. The number of thiophene rings is 1. The second-order valence-electron chi connectivity index (χ2n) is 4.30. The first kappa shape index (κ1) is 13.3. The van der Waals surface area contributed by atoms with Crippen LogP contribution in [0.3, 0.4) is 0 Å². The number of carbonyl (C=O) groups is 2. The monoisotopic (exact) mass is 298 g/mol. The maximum absolute atomic E-state index is 12.3. The average Bonchev–Trinajstić information content (AvgIpc) is 2.91. The molecule has 0 unspecified atom stereocenters. The minimum absolute atomic E-state index is 0.176. The van der Waals surface area contributed by atoms with E-state index in [0.29, 0.717) is 5.56 Å². The van der Waals surface area contributed by atoms with Crippen molar-refractivity contribution in [2.45, 2.75) is 0 Å². The van der Waals surface area contributed by atoms with Gasteiger partial charge in [0.15, 0.2) is 5.69 Å². The molecule has 104 valence electrons. The van der Waals surface area contributed by atoms with Gasteiger partial charge in [0.05, 0.1) is 11.3 Å². The molecule has 0 aliphatic carbocycles. The van der Waals surface area contributed by atoms with Crippen LogP contribution in [0.5, 0.6) is 0 Å². The fourth-order valence-electron chi connectivity index (χ4n) is 2.02. The fourth-order valence-corrected chi connectivity index (χ4v) is 2.96. The number of aromatic nitrogens is 1. The minimum atomic E-state index is -1.18. The van der Waals surface area contributed by atoms with Gasteiger partial charge < -0.3 is 10.4 Å². The summed E-state index contributed by atoms with van der Waals surface area (Å²) < 4.78 is 1.01. The molecule has 5 nitrogen and oxygen atoms in total. The predicted octanol–water partition coefficient (Wildman–Crippen LogP) is 3.25. The predicted molar refractivity (Wildman–Crippen MR) is 81.0 cm³/mol. The first-order valence-electron chi connectivity index (χ1n) is 6.12. The van der Waals surface area contributed by atoms with Gasteiger partial charge in [0.2, 0.25) is 0 Å². The first-order chi connectivity index (χ1) is 10.2. The number of benzene rings is 1. The zero-order valence-electron chi connectivity index (χ0n) is 10.7. The van der Waals surface area contributed by atoms with Crippen LogP contribution in [0.15, 0.2) is 48.0 Å². The van der Waals surface area contributed by atoms with E-state index in [1.54, 1.807) is 11.4 Å². The molecule has 1 aromatic carbocycles. The highest BCUT2D eigenvalue weighted by molar-refractivity contribution is 7.17. The van der Waals surface area contributed by atoms with Crippen molar-refractivity contribution in [1.29, 1.82) is 0 Å². The summed E-state index contributed by atoms with van der Waals surface area (Å²) in [5, 5.41) is 14.3. The number of carboxylic acids is 1. The third kappa shape index (κ3) is 2.48. The zero-order valence-corrected chi connectivity index (χ0v) is 11.6. The normalized spacial score (nSPS) is 10.5. The Labute approximate surface area is 123 Å². The number of rotatable bonds is 3. The number of fused-ring (bicyclic) bond motifs is 1. The Morgan fingerprint density at radius 3 is 2.76 bits per heavy atom. The average molecular weight is 298 g/mol. The molecule has 1 amide bonds. The Morgan fingerprint density at radius 2 is 1.95 bits per heavy atom. The summed E-state index contributed by atoms with van der Waals surface area (Å²) in [4.78, 5) is 27.2. The van der Waals surface area contributed by atoms with E-state index in [9.17, 15) is 9.59 Å². The zero-order chi connectivity index (χ0) is 14.8. The van der Waals surface area contributed by atoms with Crippen molar-refractivity contribution in [3.05, 3.63) is 59.2 Å². The van der Waals surface area contributed by atoms with Crippen LogP contribution in [-0.2, 0) is 0 Å². The lowest BCUT2D eigenvalue weighted by molar-refractivity contribution is 0.0692. The van der Waals surface area contributed by atoms with Gasteiger partial charge in [-0.3, -0.25) is 4.79 Å². The third-order valence-corrected chi connectivity index (χ3v) is 3.95. The second-order valence-corrected chi connectivity index (χ2v) is 5.22. The van der Waals surface area contributed by atoms with E-state index in [-0.39, 0.29) is 17.3 Å². The van der Waals surface area contributed by atoms with E-state index in [4.69, 9.17) is 5.11 Å². The van der Waals surface area contributed by atoms with Gasteiger partial charge >= 0.3 is 5.97 Å². The summed E-state index contributed by atoms with van der Waals surface area (Å²) in [6.07, 6.45) is 1.37. The maximum Gasteiger partial charge on any atom is 0.356 e. The topological polar surface area (TPSA) is 79.3 Å². The highest BCUT2D eigenvalue weighted by atomic mass is 32.1. The number of carboxylic acid groups (broad SMARTS) is 1. The molecular weight excluding hydrogens is 288 g/mol. The lowest BCUT2D eigenvalue weighted by Crippen LogP contribution is -2.15. The largest absolute Gasteiger partial charge is 0.476 e. The van der Waals surface area contributed by atoms with Crippen molar-refractivity contribution in [2.75, 3.05) is 5.32 Å². The number of hydrogen-bond acceptors (Lipinski definition) is 4. The van der Waals surface area contributed by atoms with Crippen molar-refractivity contribution < 1.29 is 14.7 Å². The number of hydrogen-bond donors (Lipinski definition) is 2. The van der Waals surface area contributed by atoms with Crippen molar-refractivity contribution in [1.82, 2.24) is 4.98 Å². The van der Waals surface area contributed by atoms with E-state index in [0.717, 1.165) is 10.1 Å². The van der Waals surface area contributed by atoms with Gasteiger partial charge in [-0.2, -0.15) is 0 Å². The van der Waals surface area contributed by atoms with E-state index in [2.05, 4.69) is 10.3 Å². The summed E-state index contributed by atoms with van der Waals surface area (Å²) in [6.45, 7) is 0. The van der Waals surface area contributed by atoms with Crippen LogP contribution in [0.25, 0.3) is 10.1 Å². The Kier molecular flexibility index (Phi) is 3.37. The number of pyridine rings is 1. The van der Waals surface area contributed by atoms with Gasteiger partial charge in [0.25, 0.3) is 5.91 Å². The summed E-state index contributed by atoms with van der Waals surface area (Å²) in [6, 6.07) is 10.7. The lowest BCUT2D eigenvalue weighted by Gasteiger charge is -2.06. The molecule has 3 aromatic rings. The molecule has 6 heteroatoms. The number of anilines is 1. The Hall–Kier alpha value is -2.73. The number of carbonyl (C=O) groups excluding carboxylic acids is 1. The summed E-state index contributed by atoms with van der Waals surface area (Å²) in [7, 11) is 0. The highest BCUT2D eigenvalue weighted by Crippen LogP contribution is 2.26. The molecule has 0 aliphatic rings. The number of nitrogens with one attached hydrogen (secondary N) is 1. The van der Waals surface area contributed by atoms with Crippen LogP contribution in [0.1, 0.15) is 20.8 Å². The molecule has 2 heterocycles. The van der Waals surface area contributed by atoms with Crippen molar-refractivity contribution >= 4 is 39.0 Å². The van der Waals surface area contributed by atoms with Gasteiger partial charge in [-0.1, -0.05) is 18.2 Å². The van der Waals surface area contributed by atoms with Crippen LogP contribution in [0.4, 0.5) is 5.69 Å². The maximum atomic E-state index is 12.3. The van der Waals surface area contributed by atoms with Crippen molar-refractivity contribution in [2.24, 2.45) is 0 Å². The van der Waals surface area contributed by atoms with E-state index < -0.39 is 5.97 Å². The van der Waals surface area contributed by atoms with E-state index in [1.807, 2.05) is 24.3 Å². The summed E-state index contributed by atoms with van der Waals surface area (Å²) in [5.74, 6) is -1.52. The minimum Gasteiger partial charge on any atom is -0.476 e. The Morgan fingerprint density at radius 1 is 1.14 bits per heavy atom. The van der Waals surface area contributed by atoms with Crippen LogP contribution in [0.2, 0.25) is 0 Å². The molecule has 2 N–H and O–H groups in total. The molecule has 21 heavy (non-hydrogen) atoms. The summed E-state index contributed by atoms with van der Waals surface area (Å²) >= 11 is 1.47. The standard InChI is InChI=1S/C15H10N2O3S/c18-14(10-8-21-12-6-2-1-4-9(10)12)17-11-5-3-7-16-13(11)15(19)20/h1-8H,(H,17,18)(H,19,20). The Bertz CT molecular complexity index is 842. The molecule has 0 radical (unpaired) electrons. The van der Waals surface area contributed by atoms with E-state index in [1.165, 1.54) is 23.6 Å². The highest BCUT2D eigenvalue weighted by Gasteiger charge is 2.16. The SMILES string of the molecule is O=C(O)c1ncccc1NC(=O)c1csc2ccccc12. The van der Waals surface area contributed by atoms with E-state index >= 15 is 0 Å². The van der Waals surface area contributed by atoms with Crippen LogP contribution in [-0.4, -0.2) is 22.0 Å². The molecule has 0 fully saturated rings. The Balaban J connectivity index is 1.96. The number of amides is 1. The number of aromatic carboxylic acids is 1. The molecule has 0 bridgehead atoms. The van der Waals surface area contributed by atoms with Gasteiger partial charge in [0, 0.05) is 21.7 Å². The first-order valence-corrected chi connectivity index (χ1v) is 7.00. The number of nitrogens with zero attached hydrogens (tertiary/aromatic N) is 1. The summed E-state index contributed by atoms with van der Waals surface area (Å²) in [5.41, 5.74) is 0.534. The lowest BCUT2D eigenvalue weighted by atomic mass is 10.1. The van der Waals surface area contributed by atoms with Crippen LogP contribution in [0, 0.1) is 0 Å². The van der Waals surface area contributed by atoms with Gasteiger partial charge in [-0.05, 0) is 18.2 Å². The van der Waals surface area contributed by atoms with Gasteiger partial charge in [-0.15, -0.1) is 11.3 Å². The van der Waals surface area contributed by atoms with Gasteiger partial charge in [-0.25, -0.2) is 9.78 Å². The molecule has 0 spiro atoms. The second kappa shape index (κ2) is 5.34. The molecule has 0 aliphatic heterocycles. The van der Waals surface area contributed by atoms with Crippen molar-refractivity contribution in [3.63, 3.8) is 0 Å². The molecule has 0 atom stereocenters. The quantitative estimate of drug-likeness (QED) is 0.778. The molecule has 0 saturated carbocycles. The fraction of sp³-hybridized carbons (Fsp3) is 0. The smallest absolute Gasteiger partial charge is 0.356 e.